The maximum absolute atomic E-state index is 11.3. The molecule has 0 aliphatic carbocycles. The van der Waals surface area contributed by atoms with E-state index in [0.717, 1.165) is 24.5 Å². The number of nitro groups is 1. The number of carbonyl (C=O) groups is 1. The van der Waals surface area contributed by atoms with Crippen LogP contribution in [0.25, 0.3) is 5.57 Å². The molecule has 0 radical (unpaired) electrons. The van der Waals surface area contributed by atoms with Crippen LogP contribution in [0, 0.1) is 10.1 Å². The third kappa shape index (κ3) is 2.72. The summed E-state index contributed by atoms with van der Waals surface area (Å²) in [5.41, 5.74) is -1.02. The summed E-state index contributed by atoms with van der Waals surface area (Å²) < 4.78 is 22.5. The number of sulfone groups is 1. The first-order valence-corrected chi connectivity index (χ1v) is 6.49. The monoisotopic (exact) mass is 271 g/mol. The molecule has 8 heteroatoms. The van der Waals surface area contributed by atoms with Crippen LogP contribution in [0.4, 0.5) is 5.69 Å². The molecule has 0 fully saturated rings. The summed E-state index contributed by atoms with van der Waals surface area (Å²) in [6.07, 6.45) is 1.58. The van der Waals surface area contributed by atoms with E-state index in [1.807, 2.05) is 0 Å². The highest BCUT2D eigenvalue weighted by atomic mass is 32.2. The Labute approximate surface area is 102 Å². The van der Waals surface area contributed by atoms with Crippen LogP contribution in [0.15, 0.2) is 29.4 Å². The van der Waals surface area contributed by atoms with Gasteiger partial charge in [-0.1, -0.05) is 0 Å². The van der Waals surface area contributed by atoms with Crippen molar-refractivity contribution in [1.29, 1.82) is 0 Å². The standard InChI is InChI=1S/C10H9NO6S/c1-18(16,17)8-2-3-9(7(5-12)6-13)10(4-8)11(14)15/h2-6,12H,1H3/b7-5-. The van der Waals surface area contributed by atoms with Crippen molar-refractivity contribution in [3.63, 3.8) is 0 Å². The smallest absolute Gasteiger partial charge is 0.278 e. The number of rotatable bonds is 4. The Morgan fingerprint density at radius 3 is 2.44 bits per heavy atom. The topological polar surface area (TPSA) is 115 Å². The second-order valence-electron chi connectivity index (χ2n) is 3.41. The summed E-state index contributed by atoms with van der Waals surface area (Å²) in [7, 11) is -3.59. The van der Waals surface area contributed by atoms with Gasteiger partial charge in [-0.25, -0.2) is 8.42 Å². The van der Waals surface area contributed by atoms with Crippen molar-refractivity contribution in [2.75, 3.05) is 6.26 Å². The van der Waals surface area contributed by atoms with Crippen molar-refractivity contribution in [2.24, 2.45) is 0 Å². The Hall–Kier alpha value is -2.22. The van der Waals surface area contributed by atoms with Gasteiger partial charge < -0.3 is 5.11 Å². The highest BCUT2D eigenvalue weighted by molar-refractivity contribution is 7.90. The molecule has 0 spiro atoms. The minimum absolute atomic E-state index is 0.148. The summed E-state index contributed by atoms with van der Waals surface area (Å²) in [4.78, 5) is 20.4. The third-order valence-corrected chi connectivity index (χ3v) is 3.28. The minimum Gasteiger partial charge on any atom is -0.515 e. The van der Waals surface area contributed by atoms with E-state index in [0.29, 0.717) is 6.26 Å². The van der Waals surface area contributed by atoms with Gasteiger partial charge in [0.15, 0.2) is 16.1 Å². The van der Waals surface area contributed by atoms with Gasteiger partial charge in [-0.05, 0) is 12.1 Å². The van der Waals surface area contributed by atoms with Crippen LogP contribution in [0.3, 0.4) is 0 Å². The molecular weight excluding hydrogens is 262 g/mol. The fraction of sp³-hybridized carbons (Fsp3) is 0.100. The van der Waals surface area contributed by atoms with E-state index in [-0.39, 0.29) is 22.3 Å². The quantitative estimate of drug-likeness (QED) is 0.288. The molecule has 0 amide bonds. The van der Waals surface area contributed by atoms with Crippen molar-refractivity contribution >= 4 is 27.4 Å². The Morgan fingerprint density at radius 2 is 2.06 bits per heavy atom. The molecule has 1 N–H and O–H groups in total. The average molecular weight is 271 g/mol. The van der Waals surface area contributed by atoms with E-state index in [9.17, 15) is 23.3 Å². The normalized spacial score (nSPS) is 12.2. The maximum atomic E-state index is 11.3. The van der Waals surface area contributed by atoms with Gasteiger partial charge in [0.25, 0.3) is 5.69 Å². The van der Waals surface area contributed by atoms with Gasteiger partial charge in [-0.15, -0.1) is 0 Å². The Kier molecular flexibility index (Phi) is 3.82. The lowest BCUT2D eigenvalue weighted by atomic mass is 10.1. The van der Waals surface area contributed by atoms with Gasteiger partial charge in [-0.3, -0.25) is 14.9 Å². The molecular formula is C10H9NO6S. The van der Waals surface area contributed by atoms with E-state index in [1.54, 1.807) is 0 Å². The molecule has 1 aromatic rings. The van der Waals surface area contributed by atoms with Crippen LogP contribution in [-0.2, 0) is 14.6 Å². The number of hydrogen-bond acceptors (Lipinski definition) is 6. The molecule has 0 saturated carbocycles. The van der Waals surface area contributed by atoms with Gasteiger partial charge >= 0.3 is 0 Å². The van der Waals surface area contributed by atoms with Gasteiger partial charge in [0, 0.05) is 12.3 Å². The molecule has 7 nitrogen and oxygen atoms in total. The molecule has 1 aromatic carbocycles. The maximum Gasteiger partial charge on any atom is 0.278 e. The van der Waals surface area contributed by atoms with E-state index < -0.39 is 20.4 Å². The zero-order valence-electron chi connectivity index (χ0n) is 9.23. The lowest BCUT2D eigenvalue weighted by molar-refractivity contribution is -0.385. The van der Waals surface area contributed by atoms with Crippen molar-refractivity contribution in [1.82, 2.24) is 0 Å². The fourth-order valence-corrected chi connectivity index (χ4v) is 1.94. The molecule has 96 valence electrons. The van der Waals surface area contributed by atoms with E-state index in [1.165, 1.54) is 0 Å². The minimum atomic E-state index is -3.59. The molecule has 0 aliphatic heterocycles. The number of nitro benzene ring substituents is 1. The summed E-state index contributed by atoms with van der Waals surface area (Å²) in [5.74, 6) is 0. The largest absolute Gasteiger partial charge is 0.515 e. The number of hydrogen-bond donors (Lipinski definition) is 1. The first kappa shape index (κ1) is 13.8. The zero-order valence-corrected chi connectivity index (χ0v) is 10.0. The molecule has 0 heterocycles. The number of carbonyl (C=O) groups excluding carboxylic acids is 1. The van der Waals surface area contributed by atoms with Crippen LogP contribution in [-0.4, -0.2) is 31.0 Å². The Morgan fingerprint density at radius 1 is 1.44 bits per heavy atom. The van der Waals surface area contributed by atoms with Crippen molar-refractivity contribution in [3.05, 3.63) is 40.1 Å². The fourth-order valence-electron chi connectivity index (χ4n) is 1.30. The molecule has 0 unspecified atom stereocenters. The predicted octanol–water partition coefficient (Wildman–Crippen LogP) is 1.10. The number of benzene rings is 1. The Balaban J connectivity index is 3.58. The van der Waals surface area contributed by atoms with E-state index in [4.69, 9.17) is 5.11 Å². The molecule has 1 rings (SSSR count). The van der Waals surface area contributed by atoms with Gasteiger partial charge in [0.05, 0.1) is 27.2 Å². The summed E-state index contributed by atoms with van der Waals surface area (Å²) in [5, 5.41) is 19.6. The van der Waals surface area contributed by atoms with E-state index in [2.05, 4.69) is 0 Å². The molecule has 0 atom stereocenters. The SMILES string of the molecule is CS(=O)(=O)c1ccc(/C(C=O)=C\O)c([N+](=O)[O-])c1. The molecule has 0 bridgehead atoms. The summed E-state index contributed by atoms with van der Waals surface area (Å²) in [6, 6.07) is 3.08. The van der Waals surface area contributed by atoms with Crippen LogP contribution in [0.1, 0.15) is 5.56 Å². The molecule has 0 aromatic heterocycles. The number of allylic oxidation sites excluding steroid dienone is 1. The summed E-state index contributed by atoms with van der Waals surface area (Å²) >= 11 is 0. The summed E-state index contributed by atoms with van der Waals surface area (Å²) in [6.45, 7) is 0. The van der Waals surface area contributed by atoms with Crippen LogP contribution < -0.4 is 0 Å². The predicted molar refractivity (Wildman–Crippen MR) is 62.9 cm³/mol. The van der Waals surface area contributed by atoms with Crippen molar-refractivity contribution < 1.29 is 23.2 Å². The van der Waals surface area contributed by atoms with Gasteiger partial charge in [-0.2, -0.15) is 0 Å². The van der Waals surface area contributed by atoms with Gasteiger partial charge in [0.1, 0.15) is 0 Å². The highest BCUT2D eigenvalue weighted by Crippen LogP contribution is 2.27. The lowest BCUT2D eigenvalue weighted by Crippen LogP contribution is -2.02. The second-order valence-corrected chi connectivity index (χ2v) is 5.43. The van der Waals surface area contributed by atoms with Crippen molar-refractivity contribution in [2.45, 2.75) is 4.90 Å². The zero-order chi connectivity index (χ0) is 13.9. The Bertz CT molecular complexity index is 632. The van der Waals surface area contributed by atoms with Crippen LogP contribution in [0.2, 0.25) is 0 Å². The molecule has 18 heavy (non-hydrogen) atoms. The second kappa shape index (κ2) is 4.96. The highest BCUT2D eigenvalue weighted by Gasteiger charge is 2.20. The number of aliphatic hydroxyl groups excluding tert-OH is 1. The lowest BCUT2D eigenvalue weighted by Gasteiger charge is -2.03. The molecule has 0 aliphatic rings. The first-order chi connectivity index (χ1) is 8.31. The van der Waals surface area contributed by atoms with Gasteiger partial charge in [0.2, 0.25) is 0 Å². The number of nitrogens with zero attached hydrogens (tertiary/aromatic N) is 1. The van der Waals surface area contributed by atoms with Crippen molar-refractivity contribution in [3.8, 4) is 0 Å². The first-order valence-electron chi connectivity index (χ1n) is 4.59. The van der Waals surface area contributed by atoms with Crippen LogP contribution in [0.5, 0.6) is 0 Å². The third-order valence-electron chi connectivity index (χ3n) is 2.17. The number of aldehydes is 1. The number of aliphatic hydroxyl groups is 1. The average Bonchev–Trinajstić information content (AvgIpc) is 2.29. The van der Waals surface area contributed by atoms with E-state index >= 15 is 0 Å². The van der Waals surface area contributed by atoms with Crippen LogP contribution >= 0.6 is 0 Å². The molecule has 0 saturated heterocycles.